The van der Waals surface area contributed by atoms with E-state index >= 15 is 0 Å². The van der Waals surface area contributed by atoms with Crippen LogP contribution in [0.1, 0.15) is 33.8 Å². The van der Waals surface area contributed by atoms with Crippen molar-refractivity contribution in [3.8, 4) is 0 Å². The summed E-state index contributed by atoms with van der Waals surface area (Å²) >= 11 is 1.76. The van der Waals surface area contributed by atoms with Crippen LogP contribution in [0.2, 0.25) is 0 Å². The molecule has 2 aliphatic heterocycles. The maximum absolute atomic E-state index is 12.4. The van der Waals surface area contributed by atoms with Gasteiger partial charge in [-0.3, -0.25) is 9.69 Å². The quantitative estimate of drug-likeness (QED) is 0.855. The number of rotatable bonds is 5. The number of aromatic amines is 1. The first-order chi connectivity index (χ1) is 12.2. The van der Waals surface area contributed by atoms with E-state index in [1.54, 1.807) is 11.3 Å². The van der Waals surface area contributed by atoms with Gasteiger partial charge in [-0.25, -0.2) is 0 Å². The summed E-state index contributed by atoms with van der Waals surface area (Å²) in [4.78, 5) is 19.5. The molecule has 4 rings (SSSR count). The van der Waals surface area contributed by atoms with E-state index in [1.165, 1.54) is 10.4 Å². The summed E-state index contributed by atoms with van der Waals surface area (Å²) in [6, 6.07) is 1.97. The molecule has 2 aromatic heterocycles. The third-order valence-electron chi connectivity index (χ3n) is 5.02. The zero-order valence-electron chi connectivity index (χ0n) is 14.6. The number of carbonyl (C=O) groups excluding carboxylic acids is 1. The molecule has 136 valence electrons. The molecular formula is C18H25N3O3S. The average Bonchev–Trinajstić information content (AvgIpc) is 3.33. The molecule has 1 amide bonds. The molecule has 0 bridgehead atoms. The van der Waals surface area contributed by atoms with Crippen LogP contribution in [0, 0.1) is 6.92 Å². The standard InChI is InChI=1S/C18H25N3O3S/c1-12-14(11-21-4-7-23-8-5-21)17-16(25-12)9-15(20-17)18(22)19-10-13-3-2-6-24-13/h9,13,20H,2-8,10-11H2,1H3,(H,19,22). The minimum absolute atomic E-state index is 0.0473. The van der Waals surface area contributed by atoms with Crippen LogP contribution in [0.15, 0.2) is 6.07 Å². The lowest BCUT2D eigenvalue weighted by Crippen LogP contribution is -2.35. The number of nitrogens with zero attached hydrogens (tertiary/aromatic N) is 1. The summed E-state index contributed by atoms with van der Waals surface area (Å²) in [5.41, 5.74) is 3.05. The molecule has 0 aromatic carbocycles. The fraction of sp³-hybridized carbons (Fsp3) is 0.611. The van der Waals surface area contributed by atoms with Gasteiger partial charge in [0.15, 0.2) is 0 Å². The van der Waals surface area contributed by atoms with Crippen molar-refractivity contribution in [3.63, 3.8) is 0 Å². The van der Waals surface area contributed by atoms with E-state index in [0.29, 0.717) is 12.2 Å². The Kier molecular flexibility index (Phi) is 5.08. The number of hydrogen-bond acceptors (Lipinski definition) is 5. The van der Waals surface area contributed by atoms with Crippen molar-refractivity contribution in [2.45, 2.75) is 32.4 Å². The summed E-state index contributed by atoms with van der Waals surface area (Å²) in [6.07, 6.45) is 2.28. The van der Waals surface area contributed by atoms with E-state index in [0.717, 1.165) is 62.5 Å². The molecule has 0 spiro atoms. The van der Waals surface area contributed by atoms with Crippen molar-refractivity contribution in [2.24, 2.45) is 0 Å². The highest BCUT2D eigenvalue weighted by molar-refractivity contribution is 7.19. The predicted octanol–water partition coefficient (Wildman–Crippen LogP) is 2.28. The van der Waals surface area contributed by atoms with E-state index in [2.05, 4.69) is 22.1 Å². The summed E-state index contributed by atoms with van der Waals surface area (Å²) in [6.45, 7) is 7.99. The Balaban J connectivity index is 1.46. The average molecular weight is 363 g/mol. The highest BCUT2D eigenvalue weighted by Crippen LogP contribution is 2.32. The number of thiophene rings is 1. The molecule has 0 aliphatic carbocycles. The molecule has 2 fully saturated rings. The van der Waals surface area contributed by atoms with Crippen LogP contribution in [-0.4, -0.2) is 61.3 Å². The molecule has 1 unspecified atom stereocenters. The third-order valence-corrected chi connectivity index (χ3v) is 6.11. The van der Waals surface area contributed by atoms with Crippen molar-refractivity contribution in [3.05, 3.63) is 22.2 Å². The van der Waals surface area contributed by atoms with Crippen LogP contribution in [-0.2, 0) is 16.0 Å². The number of morpholine rings is 1. The van der Waals surface area contributed by atoms with Crippen molar-refractivity contribution in [1.82, 2.24) is 15.2 Å². The van der Waals surface area contributed by atoms with Gasteiger partial charge in [-0.05, 0) is 25.8 Å². The van der Waals surface area contributed by atoms with Crippen LogP contribution < -0.4 is 5.32 Å². The topological polar surface area (TPSA) is 66.6 Å². The van der Waals surface area contributed by atoms with E-state index in [-0.39, 0.29) is 12.0 Å². The second-order valence-corrected chi connectivity index (χ2v) is 8.05. The molecule has 7 heteroatoms. The van der Waals surface area contributed by atoms with Gasteiger partial charge >= 0.3 is 0 Å². The van der Waals surface area contributed by atoms with Gasteiger partial charge in [0, 0.05) is 43.2 Å². The van der Waals surface area contributed by atoms with Gasteiger partial charge in [-0.15, -0.1) is 11.3 Å². The number of amides is 1. The normalized spacial score (nSPS) is 21.9. The van der Waals surface area contributed by atoms with Gasteiger partial charge in [0.05, 0.1) is 29.5 Å². The molecule has 2 aliphatic rings. The Morgan fingerprint density at radius 2 is 2.24 bits per heavy atom. The Morgan fingerprint density at radius 3 is 3.00 bits per heavy atom. The molecule has 2 saturated heterocycles. The van der Waals surface area contributed by atoms with Crippen molar-refractivity contribution >= 4 is 27.5 Å². The van der Waals surface area contributed by atoms with Crippen molar-refractivity contribution in [2.75, 3.05) is 39.5 Å². The number of aryl methyl sites for hydroxylation is 1. The Labute approximate surface area is 151 Å². The van der Waals surface area contributed by atoms with E-state index < -0.39 is 0 Å². The lowest BCUT2D eigenvalue weighted by molar-refractivity contribution is 0.0343. The number of carbonyl (C=O) groups is 1. The maximum atomic E-state index is 12.4. The molecule has 2 N–H and O–H groups in total. The number of nitrogens with one attached hydrogen (secondary N) is 2. The first kappa shape index (κ1) is 17.0. The summed E-state index contributed by atoms with van der Waals surface area (Å²) in [5, 5.41) is 2.99. The number of hydrogen-bond donors (Lipinski definition) is 2. The minimum atomic E-state index is -0.0473. The predicted molar refractivity (Wildman–Crippen MR) is 98.3 cm³/mol. The molecule has 0 radical (unpaired) electrons. The Bertz CT molecular complexity index is 742. The molecule has 4 heterocycles. The SMILES string of the molecule is Cc1sc2cc(C(=O)NCC3CCCO3)[nH]c2c1CN1CCOCC1. The van der Waals surface area contributed by atoms with E-state index in [9.17, 15) is 4.79 Å². The minimum Gasteiger partial charge on any atom is -0.379 e. The zero-order valence-corrected chi connectivity index (χ0v) is 15.4. The molecular weight excluding hydrogens is 338 g/mol. The van der Waals surface area contributed by atoms with Crippen LogP contribution >= 0.6 is 11.3 Å². The van der Waals surface area contributed by atoms with Gasteiger partial charge in [-0.2, -0.15) is 0 Å². The second kappa shape index (κ2) is 7.45. The second-order valence-electron chi connectivity index (χ2n) is 6.79. The fourth-order valence-corrected chi connectivity index (χ4v) is 4.62. The molecule has 0 saturated carbocycles. The highest BCUT2D eigenvalue weighted by Gasteiger charge is 2.20. The van der Waals surface area contributed by atoms with E-state index in [4.69, 9.17) is 9.47 Å². The van der Waals surface area contributed by atoms with Crippen LogP contribution in [0.25, 0.3) is 10.2 Å². The molecule has 2 aromatic rings. The van der Waals surface area contributed by atoms with E-state index in [1.807, 2.05) is 6.07 Å². The van der Waals surface area contributed by atoms with Crippen LogP contribution in [0.4, 0.5) is 0 Å². The number of fused-ring (bicyclic) bond motifs is 1. The highest BCUT2D eigenvalue weighted by atomic mass is 32.1. The monoisotopic (exact) mass is 363 g/mol. The lowest BCUT2D eigenvalue weighted by atomic mass is 10.2. The van der Waals surface area contributed by atoms with Gasteiger partial charge in [0.25, 0.3) is 5.91 Å². The van der Waals surface area contributed by atoms with Crippen LogP contribution in [0.5, 0.6) is 0 Å². The first-order valence-corrected chi connectivity index (χ1v) is 9.83. The Hall–Kier alpha value is -1.41. The van der Waals surface area contributed by atoms with Crippen molar-refractivity contribution in [1.29, 1.82) is 0 Å². The molecule has 25 heavy (non-hydrogen) atoms. The smallest absolute Gasteiger partial charge is 0.267 e. The summed E-state index contributed by atoms with van der Waals surface area (Å²) < 4.78 is 12.2. The van der Waals surface area contributed by atoms with Gasteiger partial charge < -0.3 is 19.8 Å². The van der Waals surface area contributed by atoms with Gasteiger partial charge in [-0.1, -0.05) is 0 Å². The maximum Gasteiger partial charge on any atom is 0.267 e. The largest absolute Gasteiger partial charge is 0.379 e. The molecule has 6 nitrogen and oxygen atoms in total. The Morgan fingerprint density at radius 1 is 1.40 bits per heavy atom. The number of H-pyrrole nitrogens is 1. The number of aromatic nitrogens is 1. The fourth-order valence-electron chi connectivity index (χ4n) is 3.55. The van der Waals surface area contributed by atoms with Gasteiger partial charge in [0.1, 0.15) is 5.69 Å². The van der Waals surface area contributed by atoms with Crippen LogP contribution in [0.3, 0.4) is 0 Å². The number of ether oxygens (including phenoxy) is 2. The third kappa shape index (κ3) is 3.74. The lowest BCUT2D eigenvalue weighted by Gasteiger charge is -2.26. The zero-order chi connectivity index (χ0) is 17.2. The van der Waals surface area contributed by atoms with Gasteiger partial charge in [0.2, 0.25) is 0 Å². The first-order valence-electron chi connectivity index (χ1n) is 9.01. The summed E-state index contributed by atoms with van der Waals surface area (Å²) in [5.74, 6) is -0.0473. The summed E-state index contributed by atoms with van der Waals surface area (Å²) in [7, 11) is 0. The van der Waals surface area contributed by atoms with Crippen molar-refractivity contribution < 1.29 is 14.3 Å². The molecule has 1 atom stereocenters.